The summed E-state index contributed by atoms with van der Waals surface area (Å²) in [7, 11) is 7.37. The van der Waals surface area contributed by atoms with Crippen molar-refractivity contribution in [3.8, 4) is 0 Å². The minimum absolute atomic E-state index is 0.0263. The van der Waals surface area contributed by atoms with Crippen molar-refractivity contribution in [2.24, 2.45) is 4.99 Å². The van der Waals surface area contributed by atoms with E-state index in [4.69, 9.17) is 0 Å². The van der Waals surface area contributed by atoms with Gasteiger partial charge in [0.2, 0.25) is 0 Å². The van der Waals surface area contributed by atoms with Crippen molar-refractivity contribution in [3.05, 3.63) is 70.8 Å². The Morgan fingerprint density at radius 1 is 1.04 bits per heavy atom. The smallest absolute Gasteiger partial charge is 0.253 e. The molecule has 2 rings (SSSR count). The first-order chi connectivity index (χ1) is 12.9. The van der Waals surface area contributed by atoms with E-state index in [-0.39, 0.29) is 5.91 Å². The maximum atomic E-state index is 12.1. The molecule has 27 heavy (non-hydrogen) atoms. The van der Waals surface area contributed by atoms with Gasteiger partial charge in [-0.2, -0.15) is 0 Å². The largest absolute Gasteiger partial charge is 0.356 e. The number of nitrogens with zero attached hydrogens (tertiary/aromatic N) is 3. The second kappa shape index (κ2) is 9.76. The molecule has 0 spiro atoms. The maximum absolute atomic E-state index is 12.1. The predicted molar refractivity (Wildman–Crippen MR) is 112 cm³/mol. The molecule has 144 valence electrons. The third kappa shape index (κ3) is 6.13. The summed E-state index contributed by atoms with van der Waals surface area (Å²) in [5.41, 5.74) is 4.37. The Morgan fingerprint density at radius 2 is 1.74 bits per heavy atom. The van der Waals surface area contributed by atoms with Gasteiger partial charge in [-0.25, -0.2) is 0 Å². The summed E-state index contributed by atoms with van der Waals surface area (Å²) in [6.45, 7) is 3.65. The summed E-state index contributed by atoms with van der Waals surface area (Å²) < 4.78 is 0. The van der Waals surface area contributed by atoms with Crippen LogP contribution < -0.4 is 5.32 Å². The van der Waals surface area contributed by atoms with Gasteiger partial charge in [0.1, 0.15) is 0 Å². The van der Waals surface area contributed by atoms with Crippen LogP contribution in [0.1, 0.15) is 27.0 Å². The number of nitrogens with one attached hydrogen (secondary N) is 1. The minimum atomic E-state index is 0.0263. The number of carbonyl (C=O) groups is 1. The number of rotatable bonds is 6. The number of hydrogen-bond donors (Lipinski definition) is 1. The number of benzene rings is 2. The molecule has 2 aromatic rings. The monoisotopic (exact) mass is 366 g/mol. The third-order valence-corrected chi connectivity index (χ3v) is 4.39. The zero-order valence-electron chi connectivity index (χ0n) is 17.0. The highest BCUT2D eigenvalue weighted by molar-refractivity contribution is 5.94. The summed E-state index contributed by atoms with van der Waals surface area (Å²) in [4.78, 5) is 20.2. The van der Waals surface area contributed by atoms with Gasteiger partial charge in [0.25, 0.3) is 5.91 Å². The lowest BCUT2D eigenvalue weighted by molar-refractivity contribution is 0.0827. The summed E-state index contributed by atoms with van der Waals surface area (Å²) in [5.74, 6) is 0.884. The quantitative estimate of drug-likeness (QED) is 0.632. The topological polar surface area (TPSA) is 47.9 Å². The van der Waals surface area contributed by atoms with Crippen LogP contribution in [-0.4, -0.2) is 56.4 Å². The molecule has 0 aliphatic rings. The van der Waals surface area contributed by atoms with Crippen molar-refractivity contribution in [2.45, 2.75) is 19.9 Å². The molecular weight excluding hydrogens is 336 g/mol. The first-order valence-electron chi connectivity index (χ1n) is 9.18. The van der Waals surface area contributed by atoms with Gasteiger partial charge in [-0.15, -0.1) is 0 Å². The Kier molecular flexibility index (Phi) is 7.41. The number of aliphatic imine (C=N–C) groups is 1. The summed E-state index contributed by atoms with van der Waals surface area (Å²) in [6.07, 6.45) is 0.825. The van der Waals surface area contributed by atoms with Gasteiger partial charge in [-0.05, 0) is 36.6 Å². The highest BCUT2D eigenvalue weighted by Gasteiger charge is 2.09. The molecule has 0 aliphatic heterocycles. The molecule has 0 bridgehead atoms. The summed E-state index contributed by atoms with van der Waals surface area (Å²) in [5, 5.41) is 3.40. The van der Waals surface area contributed by atoms with Crippen LogP contribution in [0.4, 0.5) is 0 Å². The van der Waals surface area contributed by atoms with E-state index in [0.717, 1.165) is 36.6 Å². The van der Waals surface area contributed by atoms with Gasteiger partial charge in [0.15, 0.2) is 5.96 Å². The van der Waals surface area contributed by atoms with E-state index >= 15 is 0 Å². The van der Waals surface area contributed by atoms with Crippen molar-refractivity contribution < 1.29 is 4.79 Å². The molecule has 0 heterocycles. The fraction of sp³-hybridized carbons (Fsp3) is 0.364. The standard InChI is InChI=1S/C22H30N4O/c1-17-9-11-19(12-10-17)16-26(5)22(23-2)24-14-13-18-7-6-8-20(15-18)21(27)25(3)4/h6-12,15H,13-14,16H2,1-5H3,(H,23,24). The van der Waals surface area contributed by atoms with E-state index < -0.39 is 0 Å². The Hall–Kier alpha value is -2.82. The average Bonchev–Trinajstić information content (AvgIpc) is 2.66. The first kappa shape index (κ1) is 20.5. The van der Waals surface area contributed by atoms with E-state index in [9.17, 15) is 4.79 Å². The van der Waals surface area contributed by atoms with Crippen LogP contribution in [0.15, 0.2) is 53.5 Å². The molecule has 0 radical (unpaired) electrons. The Morgan fingerprint density at radius 3 is 2.37 bits per heavy atom. The first-order valence-corrected chi connectivity index (χ1v) is 9.18. The van der Waals surface area contributed by atoms with Crippen molar-refractivity contribution in [1.29, 1.82) is 0 Å². The number of hydrogen-bond acceptors (Lipinski definition) is 2. The number of amides is 1. The third-order valence-electron chi connectivity index (χ3n) is 4.39. The van der Waals surface area contributed by atoms with Gasteiger partial charge in [0, 0.05) is 46.8 Å². The van der Waals surface area contributed by atoms with Crippen LogP contribution in [0.5, 0.6) is 0 Å². The molecule has 0 unspecified atom stereocenters. The molecule has 5 nitrogen and oxygen atoms in total. The lowest BCUT2D eigenvalue weighted by atomic mass is 10.1. The number of carbonyl (C=O) groups excluding carboxylic acids is 1. The maximum Gasteiger partial charge on any atom is 0.253 e. The highest BCUT2D eigenvalue weighted by Crippen LogP contribution is 2.08. The van der Waals surface area contributed by atoms with Gasteiger partial charge in [-0.3, -0.25) is 9.79 Å². The molecule has 1 amide bonds. The molecule has 0 aromatic heterocycles. The van der Waals surface area contributed by atoms with Crippen molar-refractivity contribution in [3.63, 3.8) is 0 Å². The predicted octanol–water partition coefficient (Wildman–Crippen LogP) is 2.95. The molecule has 0 saturated heterocycles. The van der Waals surface area contributed by atoms with Gasteiger partial charge < -0.3 is 15.1 Å². The number of aryl methyl sites for hydroxylation is 1. The van der Waals surface area contributed by atoms with Gasteiger partial charge in [-0.1, -0.05) is 42.0 Å². The molecule has 0 aliphatic carbocycles. The van der Waals surface area contributed by atoms with Gasteiger partial charge >= 0.3 is 0 Å². The van der Waals surface area contributed by atoms with Crippen LogP contribution in [0.3, 0.4) is 0 Å². The van der Waals surface area contributed by atoms with Crippen LogP contribution in [0, 0.1) is 6.92 Å². The van der Waals surface area contributed by atoms with Crippen LogP contribution in [0.25, 0.3) is 0 Å². The highest BCUT2D eigenvalue weighted by atomic mass is 16.2. The zero-order valence-corrected chi connectivity index (χ0v) is 17.0. The Bertz CT molecular complexity index is 781. The van der Waals surface area contributed by atoms with Crippen molar-refractivity contribution in [2.75, 3.05) is 34.7 Å². The molecule has 1 N–H and O–H groups in total. The second-order valence-electron chi connectivity index (χ2n) is 6.97. The summed E-state index contributed by atoms with van der Waals surface area (Å²) >= 11 is 0. The van der Waals surface area contributed by atoms with E-state index in [1.54, 1.807) is 26.0 Å². The minimum Gasteiger partial charge on any atom is -0.356 e. The molecule has 5 heteroatoms. The fourth-order valence-electron chi connectivity index (χ4n) is 2.86. The molecule has 0 fully saturated rings. The van der Waals surface area contributed by atoms with Crippen LogP contribution >= 0.6 is 0 Å². The average molecular weight is 367 g/mol. The van der Waals surface area contributed by atoms with E-state index in [2.05, 4.69) is 46.4 Å². The summed E-state index contributed by atoms with van der Waals surface area (Å²) in [6, 6.07) is 16.3. The van der Waals surface area contributed by atoms with Gasteiger partial charge in [0.05, 0.1) is 0 Å². The Labute approximate surface area is 162 Å². The number of guanidine groups is 1. The normalized spacial score (nSPS) is 11.2. The van der Waals surface area contributed by atoms with Crippen molar-refractivity contribution in [1.82, 2.24) is 15.1 Å². The molecule has 0 saturated carbocycles. The Balaban J connectivity index is 1.90. The molecule has 2 aromatic carbocycles. The molecule has 0 atom stereocenters. The SMILES string of the molecule is CN=C(NCCc1cccc(C(=O)N(C)C)c1)N(C)Cc1ccc(C)cc1. The zero-order chi connectivity index (χ0) is 19.8. The molecular formula is C22H30N4O. The lowest BCUT2D eigenvalue weighted by Crippen LogP contribution is -2.39. The fourth-order valence-corrected chi connectivity index (χ4v) is 2.86. The van der Waals surface area contributed by atoms with E-state index in [1.807, 2.05) is 31.3 Å². The van der Waals surface area contributed by atoms with E-state index in [0.29, 0.717) is 0 Å². The lowest BCUT2D eigenvalue weighted by Gasteiger charge is -2.22. The van der Waals surface area contributed by atoms with E-state index in [1.165, 1.54) is 11.1 Å². The van der Waals surface area contributed by atoms with Crippen LogP contribution in [-0.2, 0) is 13.0 Å². The van der Waals surface area contributed by atoms with Crippen LogP contribution in [0.2, 0.25) is 0 Å². The second-order valence-corrected chi connectivity index (χ2v) is 6.97. The van der Waals surface area contributed by atoms with Crippen molar-refractivity contribution >= 4 is 11.9 Å².